The fourth-order valence-corrected chi connectivity index (χ4v) is 3.34. The van der Waals surface area contributed by atoms with Crippen molar-refractivity contribution in [2.75, 3.05) is 39.3 Å². The Morgan fingerprint density at radius 1 is 1.04 bits per heavy atom. The van der Waals surface area contributed by atoms with Gasteiger partial charge in [0.05, 0.1) is 6.26 Å². The van der Waals surface area contributed by atoms with E-state index in [1.54, 1.807) is 12.1 Å². The smallest absolute Gasteiger partial charge is 0.289 e. The maximum Gasteiger partial charge on any atom is 0.289 e. The third kappa shape index (κ3) is 5.15. The molecule has 6 heteroatoms. The number of carbonyl (C=O) groups excluding carboxylic acids is 1. The van der Waals surface area contributed by atoms with Crippen molar-refractivity contribution in [3.63, 3.8) is 0 Å². The minimum absolute atomic E-state index is 0.0397. The van der Waals surface area contributed by atoms with Crippen LogP contribution in [0.5, 0.6) is 0 Å². The number of furan rings is 1. The van der Waals surface area contributed by atoms with Crippen molar-refractivity contribution >= 4 is 11.9 Å². The lowest BCUT2D eigenvalue weighted by molar-refractivity contribution is 0.0657. The molecular weight excluding hydrogens is 352 g/mol. The topological polar surface area (TPSA) is 61.1 Å². The molecule has 0 aliphatic carbocycles. The van der Waals surface area contributed by atoms with Crippen LogP contribution in [0.2, 0.25) is 0 Å². The molecule has 0 radical (unpaired) electrons. The summed E-state index contributed by atoms with van der Waals surface area (Å²) in [5, 5.41) is 3.38. The molecule has 6 nitrogen and oxygen atoms in total. The Morgan fingerprint density at radius 3 is 2.32 bits per heavy atom. The van der Waals surface area contributed by atoms with Gasteiger partial charge in [-0.2, -0.15) is 0 Å². The van der Waals surface area contributed by atoms with E-state index in [4.69, 9.17) is 9.41 Å². The standard InChI is InChI=1S/C22H30N4O2/c1-3-18-7-9-19(10-8-18)11-12-24-22(23-4-2)26-15-13-25(14-16-26)21(27)20-6-5-17-28-20/h5-10,17H,3-4,11-16H2,1-2H3,(H,23,24). The average molecular weight is 383 g/mol. The number of nitrogens with one attached hydrogen (secondary N) is 1. The molecule has 1 N–H and O–H groups in total. The van der Waals surface area contributed by atoms with Crippen molar-refractivity contribution in [2.45, 2.75) is 26.7 Å². The van der Waals surface area contributed by atoms with Crippen LogP contribution in [0.1, 0.15) is 35.5 Å². The number of carbonyl (C=O) groups is 1. The van der Waals surface area contributed by atoms with E-state index in [9.17, 15) is 4.79 Å². The number of piperazine rings is 1. The zero-order valence-electron chi connectivity index (χ0n) is 16.9. The van der Waals surface area contributed by atoms with Crippen LogP contribution in [0.25, 0.3) is 0 Å². The van der Waals surface area contributed by atoms with Crippen LogP contribution in [-0.4, -0.2) is 60.9 Å². The number of rotatable bonds is 6. The van der Waals surface area contributed by atoms with Crippen molar-refractivity contribution in [3.8, 4) is 0 Å². The van der Waals surface area contributed by atoms with Crippen LogP contribution in [0, 0.1) is 0 Å². The SMILES string of the molecule is CCNC(=NCCc1ccc(CC)cc1)N1CCN(C(=O)c2ccco2)CC1. The van der Waals surface area contributed by atoms with Gasteiger partial charge in [0.25, 0.3) is 5.91 Å². The van der Waals surface area contributed by atoms with Gasteiger partial charge in [-0.25, -0.2) is 0 Å². The lowest BCUT2D eigenvalue weighted by Gasteiger charge is -2.36. The molecule has 1 fully saturated rings. The number of benzene rings is 1. The van der Waals surface area contributed by atoms with E-state index in [0.717, 1.165) is 45.0 Å². The molecule has 0 bridgehead atoms. The fourth-order valence-electron chi connectivity index (χ4n) is 3.34. The molecule has 1 saturated heterocycles. The molecule has 2 heterocycles. The van der Waals surface area contributed by atoms with E-state index >= 15 is 0 Å². The lowest BCUT2D eigenvalue weighted by atomic mass is 10.1. The van der Waals surface area contributed by atoms with Crippen molar-refractivity contribution in [3.05, 3.63) is 59.5 Å². The van der Waals surface area contributed by atoms with Gasteiger partial charge in [0.2, 0.25) is 0 Å². The van der Waals surface area contributed by atoms with Gasteiger partial charge in [-0.1, -0.05) is 31.2 Å². The Hall–Kier alpha value is -2.76. The molecule has 150 valence electrons. The molecular formula is C22H30N4O2. The lowest BCUT2D eigenvalue weighted by Crippen LogP contribution is -2.53. The number of guanidine groups is 1. The summed E-state index contributed by atoms with van der Waals surface area (Å²) in [5.41, 5.74) is 2.67. The molecule has 1 aromatic heterocycles. The first-order valence-corrected chi connectivity index (χ1v) is 10.1. The van der Waals surface area contributed by atoms with Crippen LogP contribution < -0.4 is 5.32 Å². The van der Waals surface area contributed by atoms with Crippen molar-refractivity contribution in [1.29, 1.82) is 0 Å². The molecule has 1 amide bonds. The van der Waals surface area contributed by atoms with Gasteiger partial charge >= 0.3 is 0 Å². The summed E-state index contributed by atoms with van der Waals surface area (Å²) in [6, 6.07) is 12.2. The summed E-state index contributed by atoms with van der Waals surface area (Å²) in [4.78, 5) is 21.3. The molecule has 3 rings (SSSR count). The van der Waals surface area contributed by atoms with Crippen LogP contribution >= 0.6 is 0 Å². The highest BCUT2D eigenvalue weighted by Crippen LogP contribution is 2.10. The quantitative estimate of drug-likeness (QED) is 0.616. The fraction of sp³-hybridized carbons (Fsp3) is 0.455. The highest BCUT2D eigenvalue weighted by atomic mass is 16.3. The van der Waals surface area contributed by atoms with Gasteiger partial charge in [0, 0.05) is 39.3 Å². The van der Waals surface area contributed by atoms with Gasteiger partial charge in [-0.05, 0) is 43.0 Å². The van der Waals surface area contributed by atoms with Gasteiger partial charge in [0.15, 0.2) is 11.7 Å². The second-order valence-electron chi connectivity index (χ2n) is 6.91. The highest BCUT2D eigenvalue weighted by molar-refractivity contribution is 5.91. The first kappa shape index (κ1) is 20.0. The zero-order chi connectivity index (χ0) is 19.8. The molecule has 0 spiro atoms. The van der Waals surface area contributed by atoms with Crippen LogP contribution in [-0.2, 0) is 12.8 Å². The predicted octanol–water partition coefficient (Wildman–Crippen LogP) is 2.81. The molecule has 2 aromatic rings. The second-order valence-corrected chi connectivity index (χ2v) is 6.91. The first-order valence-electron chi connectivity index (χ1n) is 10.1. The Bertz CT molecular complexity index is 760. The summed E-state index contributed by atoms with van der Waals surface area (Å²) in [5.74, 6) is 1.29. The van der Waals surface area contributed by atoms with Gasteiger partial charge in [0.1, 0.15) is 0 Å². The van der Waals surface area contributed by atoms with E-state index in [2.05, 4.69) is 48.3 Å². The Morgan fingerprint density at radius 2 is 1.71 bits per heavy atom. The summed E-state index contributed by atoms with van der Waals surface area (Å²) in [6.07, 6.45) is 3.53. The molecule has 0 unspecified atom stereocenters. The third-order valence-corrected chi connectivity index (χ3v) is 5.03. The van der Waals surface area contributed by atoms with E-state index < -0.39 is 0 Å². The summed E-state index contributed by atoms with van der Waals surface area (Å²) < 4.78 is 5.23. The van der Waals surface area contributed by atoms with Crippen LogP contribution in [0.3, 0.4) is 0 Å². The normalized spacial score (nSPS) is 15.0. The number of aliphatic imine (C=N–C) groups is 1. The van der Waals surface area contributed by atoms with Crippen molar-refractivity contribution < 1.29 is 9.21 Å². The van der Waals surface area contributed by atoms with E-state index in [0.29, 0.717) is 18.8 Å². The van der Waals surface area contributed by atoms with Crippen molar-refractivity contribution in [1.82, 2.24) is 15.1 Å². The summed E-state index contributed by atoms with van der Waals surface area (Å²) in [6.45, 7) is 8.70. The van der Waals surface area contributed by atoms with Gasteiger partial charge in [-0.15, -0.1) is 0 Å². The van der Waals surface area contributed by atoms with Crippen LogP contribution in [0.4, 0.5) is 0 Å². The molecule has 1 aliphatic heterocycles. The number of aryl methyl sites for hydroxylation is 1. The summed E-state index contributed by atoms with van der Waals surface area (Å²) >= 11 is 0. The highest BCUT2D eigenvalue weighted by Gasteiger charge is 2.25. The van der Waals surface area contributed by atoms with E-state index in [-0.39, 0.29) is 5.91 Å². The minimum Gasteiger partial charge on any atom is -0.459 e. The Labute approximate surface area is 167 Å². The van der Waals surface area contributed by atoms with E-state index in [1.807, 2.05) is 4.90 Å². The number of hydrogen-bond acceptors (Lipinski definition) is 3. The zero-order valence-corrected chi connectivity index (χ0v) is 16.9. The first-order chi connectivity index (χ1) is 13.7. The van der Waals surface area contributed by atoms with Gasteiger partial charge in [-0.3, -0.25) is 9.79 Å². The maximum atomic E-state index is 12.4. The Kier molecular flexibility index (Phi) is 7.12. The second kappa shape index (κ2) is 9.97. The Balaban J connectivity index is 1.53. The van der Waals surface area contributed by atoms with Gasteiger partial charge < -0.3 is 19.5 Å². The largest absolute Gasteiger partial charge is 0.459 e. The molecule has 28 heavy (non-hydrogen) atoms. The summed E-state index contributed by atoms with van der Waals surface area (Å²) in [7, 11) is 0. The third-order valence-electron chi connectivity index (χ3n) is 5.03. The molecule has 1 aliphatic rings. The number of hydrogen-bond donors (Lipinski definition) is 1. The predicted molar refractivity (Wildman–Crippen MR) is 112 cm³/mol. The maximum absolute atomic E-state index is 12.4. The molecule has 0 atom stereocenters. The van der Waals surface area contributed by atoms with Crippen LogP contribution in [0.15, 0.2) is 52.1 Å². The monoisotopic (exact) mass is 382 g/mol. The van der Waals surface area contributed by atoms with Crippen molar-refractivity contribution in [2.24, 2.45) is 4.99 Å². The molecule has 1 aromatic carbocycles. The number of amides is 1. The molecule has 0 saturated carbocycles. The number of nitrogens with zero attached hydrogens (tertiary/aromatic N) is 3. The minimum atomic E-state index is -0.0397. The van der Waals surface area contributed by atoms with E-state index in [1.165, 1.54) is 17.4 Å². The average Bonchev–Trinajstić information content (AvgIpc) is 3.28.